The van der Waals surface area contributed by atoms with E-state index in [2.05, 4.69) is 96.7 Å². The molecule has 0 bridgehead atoms. The summed E-state index contributed by atoms with van der Waals surface area (Å²) in [6.45, 7) is 7.50. The van der Waals surface area contributed by atoms with E-state index in [-0.39, 0.29) is 0 Å². The molecule has 3 heterocycles. The van der Waals surface area contributed by atoms with Gasteiger partial charge in [0.2, 0.25) is 11.7 Å². The first-order valence-corrected chi connectivity index (χ1v) is 13.0. The Hall–Kier alpha value is -3.46. The van der Waals surface area contributed by atoms with Crippen LogP contribution in [0.5, 0.6) is 0 Å². The van der Waals surface area contributed by atoms with Gasteiger partial charge in [0.15, 0.2) is 0 Å². The minimum absolute atomic E-state index is 0.580. The molecule has 2 aromatic heterocycles. The van der Waals surface area contributed by atoms with Crippen molar-refractivity contribution in [3.8, 4) is 11.4 Å². The van der Waals surface area contributed by atoms with Crippen molar-refractivity contribution >= 4 is 23.0 Å². The molecule has 0 atom stereocenters. The van der Waals surface area contributed by atoms with Crippen molar-refractivity contribution in [3.05, 3.63) is 96.1 Å². The van der Waals surface area contributed by atoms with Crippen molar-refractivity contribution in [1.29, 1.82) is 0 Å². The number of piperazine rings is 1. The molecule has 0 aliphatic carbocycles. The van der Waals surface area contributed by atoms with Gasteiger partial charge in [-0.1, -0.05) is 59.8 Å². The molecular formula is C28H28N6OS. The van der Waals surface area contributed by atoms with Crippen molar-refractivity contribution in [2.24, 2.45) is 0 Å². The zero-order valence-electron chi connectivity index (χ0n) is 20.2. The first-order valence-electron chi connectivity index (χ1n) is 12.3. The fourth-order valence-corrected chi connectivity index (χ4v) is 5.59. The van der Waals surface area contributed by atoms with Gasteiger partial charge in [-0.15, -0.1) is 0 Å². The van der Waals surface area contributed by atoms with Crippen LogP contribution in [0.2, 0.25) is 0 Å². The highest BCUT2D eigenvalue weighted by Crippen LogP contribution is 2.28. The summed E-state index contributed by atoms with van der Waals surface area (Å²) in [5.41, 5.74) is 4.53. The summed E-state index contributed by atoms with van der Waals surface area (Å²) < 4.78 is 9.95. The standard InChI is InChI=1S/C28H28N6OS/c1-21-29-28(31-35-21)23-10-7-11-24(18-23)36-33-16-14-32(15-17-33)20-27-30-25-12-5-6-13-26(25)34(27)19-22-8-3-2-4-9-22/h2-13,18H,14-17,19-20H2,1H3. The average molecular weight is 497 g/mol. The van der Waals surface area contributed by atoms with E-state index in [0.29, 0.717) is 11.7 Å². The number of imidazole rings is 1. The van der Waals surface area contributed by atoms with Crippen molar-refractivity contribution < 1.29 is 4.52 Å². The summed E-state index contributed by atoms with van der Waals surface area (Å²) in [5, 5.41) is 4.05. The van der Waals surface area contributed by atoms with Crippen molar-refractivity contribution in [2.75, 3.05) is 26.2 Å². The van der Waals surface area contributed by atoms with Gasteiger partial charge in [-0.25, -0.2) is 9.29 Å². The Morgan fingerprint density at radius 2 is 1.64 bits per heavy atom. The van der Waals surface area contributed by atoms with Crippen LogP contribution in [0.4, 0.5) is 0 Å². The van der Waals surface area contributed by atoms with Gasteiger partial charge in [0.05, 0.1) is 17.6 Å². The van der Waals surface area contributed by atoms with Gasteiger partial charge in [-0.05, 0) is 41.8 Å². The zero-order valence-corrected chi connectivity index (χ0v) is 21.1. The van der Waals surface area contributed by atoms with E-state index >= 15 is 0 Å². The van der Waals surface area contributed by atoms with Crippen molar-refractivity contribution in [1.82, 2.24) is 28.9 Å². The van der Waals surface area contributed by atoms with E-state index in [0.717, 1.165) is 56.2 Å². The largest absolute Gasteiger partial charge is 0.339 e. The van der Waals surface area contributed by atoms with E-state index in [1.54, 1.807) is 11.9 Å². The average Bonchev–Trinajstić information content (AvgIpc) is 3.50. The maximum atomic E-state index is 5.14. The third-order valence-corrected chi connectivity index (χ3v) is 7.56. The van der Waals surface area contributed by atoms with Crippen molar-refractivity contribution in [2.45, 2.75) is 24.9 Å². The Bertz CT molecular complexity index is 1460. The van der Waals surface area contributed by atoms with Crippen LogP contribution in [0, 0.1) is 6.92 Å². The highest BCUT2D eigenvalue weighted by atomic mass is 32.2. The number of fused-ring (bicyclic) bond motifs is 1. The first kappa shape index (κ1) is 23.0. The van der Waals surface area contributed by atoms with Gasteiger partial charge >= 0.3 is 0 Å². The Morgan fingerprint density at radius 3 is 2.44 bits per heavy atom. The molecule has 7 nitrogen and oxygen atoms in total. The predicted molar refractivity (Wildman–Crippen MR) is 142 cm³/mol. The first-order chi connectivity index (χ1) is 17.7. The van der Waals surface area contributed by atoms with E-state index in [4.69, 9.17) is 9.51 Å². The van der Waals surface area contributed by atoms with Crippen LogP contribution in [-0.2, 0) is 13.1 Å². The summed E-state index contributed by atoms with van der Waals surface area (Å²) in [6.07, 6.45) is 0. The van der Waals surface area contributed by atoms with Crippen LogP contribution < -0.4 is 0 Å². The summed E-state index contributed by atoms with van der Waals surface area (Å²) in [7, 11) is 0. The number of hydrogen-bond donors (Lipinski definition) is 0. The van der Waals surface area contributed by atoms with Crippen LogP contribution in [0.3, 0.4) is 0 Å². The second-order valence-electron chi connectivity index (χ2n) is 9.05. The smallest absolute Gasteiger partial charge is 0.223 e. The molecule has 0 unspecified atom stereocenters. The molecule has 0 N–H and O–H groups in total. The molecule has 0 amide bonds. The molecule has 1 fully saturated rings. The number of aryl methyl sites for hydroxylation is 1. The minimum atomic E-state index is 0.580. The Balaban J connectivity index is 1.12. The monoisotopic (exact) mass is 496 g/mol. The van der Waals surface area contributed by atoms with E-state index < -0.39 is 0 Å². The number of para-hydroxylation sites is 2. The van der Waals surface area contributed by atoms with Gasteiger partial charge < -0.3 is 9.09 Å². The normalized spacial score (nSPS) is 15.0. The molecular weight excluding hydrogens is 468 g/mol. The van der Waals surface area contributed by atoms with Crippen LogP contribution in [0.15, 0.2) is 88.3 Å². The maximum Gasteiger partial charge on any atom is 0.223 e. The van der Waals surface area contributed by atoms with Gasteiger partial charge in [0, 0.05) is 50.1 Å². The van der Waals surface area contributed by atoms with Crippen LogP contribution in [0.1, 0.15) is 17.3 Å². The molecule has 5 aromatic rings. The fraction of sp³-hybridized carbons (Fsp3) is 0.250. The second kappa shape index (κ2) is 10.3. The predicted octanol–water partition coefficient (Wildman–Crippen LogP) is 5.27. The summed E-state index contributed by atoms with van der Waals surface area (Å²) in [6, 6.07) is 27.4. The summed E-state index contributed by atoms with van der Waals surface area (Å²) >= 11 is 1.80. The van der Waals surface area contributed by atoms with E-state index in [9.17, 15) is 0 Å². The quantitative estimate of drug-likeness (QED) is 0.285. The third-order valence-electron chi connectivity index (χ3n) is 6.47. The zero-order chi connectivity index (χ0) is 24.3. The molecule has 0 saturated carbocycles. The Kier molecular flexibility index (Phi) is 6.55. The second-order valence-corrected chi connectivity index (χ2v) is 10.2. The lowest BCUT2D eigenvalue weighted by atomic mass is 10.2. The minimum Gasteiger partial charge on any atom is -0.339 e. The number of hydrogen-bond acceptors (Lipinski definition) is 7. The number of benzene rings is 3. The molecule has 1 aliphatic rings. The molecule has 182 valence electrons. The molecule has 1 aliphatic heterocycles. The van der Waals surface area contributed by atoms with E-state index in [1.807, 2.05) is 13.0 Å². The summed E-state index contributed by atoms with van der Waals surface area (Å²) in [5.74, 6) is 2.35. The molecule has 0 spiro atoms. The molecule has 6 rings (SSSR count). The number of rotatable bonds is 7. The van der Waals surface area contributed by atoms with Gasteiger partial charge in [-0.3, -0.25) is 4.90 Å². The molecule has 36 heavy (non-hydrogen) atoms. The third kappa shape index (κ3) is 5.06. The Labute approximate surface area is 214 Å². The number of nitrogens with zero attached hydrogens (tertiary/aromatic N) is 6. The lowest BCUT2D eigenvalue weighted by Gasteiger charge is -2.33. The lowest BCUT2D eigenvalue weighted by Crippen LogP contribution is -2.43. The van der Waals surface area contributed by atoms with Gasteiger partial charge in [0.25, 0.3) is 0 Å². The van der Waals surface area contributed by atoms with E-state index in [1.165, 1.54) is 16.0 Å². The topological polar surface area (TPSA) is 63.2 Å². The lowest BCUT2D eigenvalue weighted by molar-refractivity contribution is 0.184. The number of aromatic nitrogens is 4. The summed E-state index contributed by atoms with van der Waals surface area (Å²) in [4.78, 5) is 13.1. The van der Waals surface area contributed by atoms with Gasteiger partial charge in [-0.2, -0.15) is 4.98 Å². The molecule has 0 radical (unpaired) electrons. The van der Waals surface area contributed by atoms with Crippen LogP contribution in [0.25, 0.3) is 22.4 Å². The molecule has 8 heteroatoms. The molecule has 3 aromatic carbocycles. The fourth-order valence-electron chi connectivity index (χ4n) is 4.62. The highest BCUT2D eigenvalue weighted by molar-refractivity contribution is 7.97. The van der Waals surface area contributed by atoms with Crippen LogP contribution >= 0.6 is 11.9 Å². The Morgan fingerprint density at radius 1 is 0.833 bits per heavy atom. The van der Waals surface area contributed by atoms with Gasteiger partial charge in [0.1, 0.15) is 5.82 Å². The molecule has 1 saturated heterocycles. The highest BCUT2D eigenvalue weighted by Gasteiger charge is 2.21. The SMILES string of the molecule is Cc1nc(-c2cccc(SN3CCN(Cc4nc5ccccc5n4Cc4ccccc4)CC3)c2)no1. The maximum absolute atomic E-state index is 5.14. The van der Waals surface area contributed by atoms with Crippen molar-refractivity contribution in [3.63, 3.8) is 0 Å². The van der Waals surface area contributed by atoms with Crippen LogP contribution in [-0.4, -0.2) is 55.1 Å².